The molecule has 0 bridgehead atoms. The van der Waals surface area contributed by atoms with Gasteiger partial charge in [-0.3, -0.25) is 0 Å². The van der Waals surface area contributed by atoms with Crippen molar-refractivity contribution in [2.45, 2.75) is 26.8 Å². The number of rotatable bonds is 8. The number of aromatic nitrogens is 2. The molecule has 0 aliphatic heterocycles. The first-order valence-electron chi connectivity index (χ1n) is 7.05. The van der Waals surface area contributed by atoms with Crippen LogP contribution in [0.3, 0.4) is 0 Å². The summed E-state index contributed by atoms with van der Waals surface area (Å²) in [5.41, 5.74) is 1.29. The Labute approximate surface area is 119 Å². The predicted molar refractivity (Wildman–Crippen MR) is 79.5 cm³/mol. The van der Waals surface area contributed by atoms with Gasteiger partial charge >= 0.3 is 6.01 Å². The third-order valence-corrected chi connectivity index (χ3v) is 2.83. The molecular weight excluding hydrogens is 252 g/mol. The van der Waals surface area contributed by atoms with E-state index in [9.17, 15) is 0 Å². The van der Waals surface area contributed by atoms with Gasteiger partial charge in [0.1, 0.15) is 0 Å². The smallest absolute Gasteiger partial charge is 0.315 e. The Kier molecular flexibility index (Phi) is 5.55. The van der Waals surface area contributed by atoms with Crippen LogP contribution in [0.15, 0.2) is 34.7 Å². The Morgan fingerprint density at radius 3 is 2.70 bits per heavy atom. The lowest BCUT2D eigenvalue weighted by molar-refractivity contribution is 0.458. The maximum atomic E-state index is 5.51. The van der Waals surface area contributed by atoms with E-state index < -0.39 is 0 Å². The summed E-state index contributed by atoms with van der Waals surface area (Å²) in [4.78, 5) is 0. The molecule has 5 heteroatoms. The number of benzene rings is 1. The van der Waals surface area contributed by atoms with Crippen LogP contribution < -0.4 is 10.6 Å². The Balaban J connectivity index is 1.70. The summed E-state index contributed by atoms with van der Waals surface area (Å²) >= 11 is 0. The lowest BCUT2D eigenvalue weighted by atomic mass is 10.1. The molecule has 0 amide bonds. The molecule has 1 aromatic carbocycles. The van der Waals surface area contributed by atoms with Crippen LogP contribution in [-0.4, -0.2) is 23.3 Å². The normalized spacial score (nSPS) is 10.9. The second-order valence-electron chi connectivity index (χ2n) is 5.19. The number of hydrogen-bond donors (Lipinski definition) is 2. The maximum absolute atomic E-state index is 5.51. The average Bonchev–Trinajstić information content (AvgIpc) is 2.87. The Morgan fingerprint density at radius 2 is 1.95 bits per heavy atom. The molecule has 1 aromatic heterocycles. The molecule has 1 heterocycles. The van der Waals surface area contributed by atoms with Crippen LogP contribution in [0, 0.1) is 5.92 Å². The zero-order valence-corrected chi connectivity index (χ0v) is 12.1. The SMILES string of the molecule is CC(C)CNCc1nnc(NCCc2ccccc2)o1. The van der Waals surface area contributed by atoms with Crippen molar-refractivity contribution in [3.8, 4) is 0 Å². The van der Waals surface area contributed by atoms with Gasteiger partial charge in [0.15, 0.2) is 0 Å². The topological polar surface area (TPSA) is 63.0 Å². The lowest BCUT2D eigenvalue weighted by Crippen LogP contribution is -2.19. The van der Waals surface area contributed by atoms with Gasteiger partial charge in [-0.25, -0.2) is 0 Å². The number of nitrogens with one attached hydrogen (secondary N) is 2. The molecule has 2 aromatic rings. The molecule has 0 fully saturated rings. The van der Waals surface area contributed by atoms with Gasteiger partial charge in [0.2, 0.25) is 5.89 Å². The first-order chi connectivity index (χ1) is 9.74. The van der Waals surface area contributed by atoms with Gasteiger partial charge in [-0.2, -0.15) is 0 Å². The minimum Gasteiger partial charge on any atom is -0.407 e. The summed E-state index contributed by atoms with van der Waals surface area (Å²) in [6, 6.07) is 10.8. The predicted octanol–water partition coefficient (Wildman–Crippen LogP) is 2.47. The van der Waals surface area contributed by atoms with E-state index in [1.165, 1.54) is 5.56 Å². The highest BCUT2D eigenvalue weighted by Crippen LogP contribution is 2.06. The van der Waals surface area contributed by atoms with Gasteiger partial charge in [0.05, 0.1) is 6.54 Å². The van der Waals surface area contributed by atoms with E-state index >= 15 is 0 Å². The van der Waals surface area contributed by atoms with Gasteiger partial charge in [-0.1, -0.05) is 49.3 Å². The van der Waals surface area contributed by atoms with Crippen LogP contribution in [0.5, 0.6) is 0 Å². The monoisotopic (exact) mass is 274 g/mol. The average molecular weight is 274 g/mol. The lowest BCUT2D eigenvalue weighted by Gasteiger charge is -2.04. The first-order valence-corrected chi connectivity index (χ1v) is 7.05. The van der Waals surface area contributed by atoms with Crippen molar-refractivity contribution in [2.24, 2.45) is 5.92 Å². The summed E-state index contributed by atoms with van der Waals surface area (Å²) < 4.78 is 5.51. The van der Waals surface area contributed by atoms with E-state index in [0.717, 1.165) is 19.5 Å². The van der Waals surface area contributed by atoms with Crippen LogP contribution >= 0.6 is 0 Å². The van der Waals surface area contributed by atoms with Crippen LogP contribution in [-0.2, 0) is 13.0 Å². The van der Waals surface area contributed by atoms with E-state index in [1.54, 1.807) is 0 Å². The fraction of sp³-hybridized carbons (Fsp3) is 0.467. The van der Waals surface area contributed by atoms with E-state index in [0.29, 0.717) is 24.4 Å². The van der Waals surface area contributed by atoms with Gasteiger partial charge in [0.25, 0.3) is 0 Å². The van der Waals surface area contributed by atoms with Crippen molar-refractivity contribution in [3.05, 3.63) is 41.8 Å². The fourth-order valence-corrected chi connectivity index (χ4v) is 1.82. The van der Waals surface area contributed by atoms with Crippen molar-refractivity contribution in [3.63, 3.8) is 0 Å². The van der Waals surface area contributed by atoms with Crippen LogP contribution in [0.1, 0.15) is 25.3 Å². The molecule has 0 atom stereocenters. The molecule has 5 nitrogen and oxygen atoms in total. The second kappa shape index (κ2) is 7.65. The van der Waals surface area contributed by atoms with Crippen LogP contribution in [0.4, 0.5) is 6.01 Å². The van der Waals surface area contributed by atoms with E-state index in [-0.39, 0.29) is 0 Å². The molecule has 0 radical (unpaired) electrons. The highest BCUT2D eigenvalue weighted by atomic mass is 16.4. The molecule has 0 saturated heterocycles. The molecule has 108 valence electrons. The van der Waals surface area contributed by atoms with Crippen molar-refractivity contribution in [1.82, 2.24) is 15.5 Å². The summed E-state index contributed by atoms with van der Waals surface area (Å²) in [5, 5.41) is 14.4. The molecule has 0 aliphatic carbocycles. The fourth-order valence-electron chi connectivity index (χ4n) is 1.82. The molecule has 2 N–H and O–H groups in total. The number of hydrogen-bond acceptors (Lipinski definition) is 5. The van der Waals surface area contributed by atoms with E-state index in [2.05, 4.69) is 46.8 Å². The third-order valence-electron chi connectivity index (χ3n) is 2.83. The standard InChI is InChI=1S/C15H22N4O/c1-12(2)10-16-11-14-18-19-15(20-14)17-9-8-13-6-4-3-5-7-13/h3-7,12,16H,8-11H2,1-2H3,(H,17,19). The number of nitrogens with zero attached hydrogens (tertiary/aromatic N) is 2. The molecule has 0 unspecified atom stereocenters. The molecule has 0 saturated carbocycles. The zero-order valence-electron chi connectivity index (χ0n) is 12.1. The van der Waals surface area contributed by atoms with Gasteiger partial charge < -0.3 is 15.1 Å². The zero-order chi connectivity index (χ0) is 14.2. The summed E-state index contributed by atoms with van der Waals surface area (Å²) in [6.07, 6.45) is 0.935. The van der Waals surface area contributed by atoms with E-state index in [4.69, 9.17) is 4.42 Å². The third kappa shape index (κ3) is 5.01. The highest BCUT2D eigenvalue weighted by Gasteiger charge is 2.05. The minimum atomic E-state index is 0.488. The summed E-state index contributed by atoms with van der Waals surface area (Å²) in [5.74, 6) is 1.23. The van der Waals surface area contributed by atoms with Crippen molar-refractivity contribution in [2.75, 3.05) is 18.4 Å². The highest BCUT2D eigenvalue weighted by molar-refractivity contribution is 5.20. The van der Waals surface area contributed by atoms with E-state index in [1.807, 2.05) is 18.2 Å². The van der Waals surface area contributed by atoms with Crippen molar-refractivity contribution >= 4 is 6.01 Å². The molecule has 0 aliphatic rings. The van der Waals surface area contributed by atoms with Crippen molar-refractivity contribution in [1.29, 1.82) is 0 Å². The van der Waals surface area contributed by atoms with Gasteiger partial charge in [-0.05, 0) is 24.4 Å². The minimum absolute atomic E-state index is 0.488. The summed E-state index contributed by atoms with van der Waals surface area (Å²) in [6.45, 7) is 6.67. The Hall–Kier alpha value is -1.88. The van der Waals surface area contributed by atoms with Gasteiger partial charge in [0, 0.05) is 6.54 Å². The Bertz CT molecular complexity index is 496. The quantitative estimate of drug-likeness (QED) is 0.774. The Morgan fingerprint density at radius 1 is 1.15 bits per heavy atom. The maximum Gasteiger partial charge on any atom is 0.315 e. The van der Waals surface area contributed by atoms with Crippen LogP contribution in [0.25, 0.3) is 0 Å². The van der Waals surface area contributed by atoms with Crippen LogP contribution in [0.2, 0.25) is 0 Å². The largest absolute Gasteiger partial charge is 0.407 e. The van der Waals surface area contributed by atoms with Crippen molar-refractivity contribution < 1.29 is 4.42 Å². The molecule has 2 rings (SSSR count). The molecular formula is C15H22N4O. The molecule has 20 heavy (non-hydrogen) atoms. The molecule has 0 spiro atoms. The summed E-state index contributed by atoms with van der Waals surface area (Å²) in [7, 11) is 0. The first kappa shape index (κ1) is 14.5. The number of anilines is 1. The van der Waals surface area contributed by atoms with Gasteiger partial charge in [-0.15, -0.1) is 5.10 Å². The second-order valence-corrected chi connectivity index (χ2v) is 5.19.